The van der Waals surface area contributed by atoms with E-state index in [1.165, 1.54) is 6.42 Å². The largest absolute Gasteiger partial charge is 0.355 e. The summed E-state index contributed by atoms with van der Waals surface area (Å²) >= 11 is 0. The van der Waals surface area contributed by atoms with Gasteiger partial charge in [-0.15, -0.1) is 0 Å². The van der Waals surface area contributed by atoms with Crippen molar-refractivity contribution in [1.29, 1.82) is 0 Å². The van der Waals surface area contributed by atoms with Crippen LogP contribution in [0.25, 0.3) is 0 Å². The van der Waals surface area contributed by atoms with E-state index in [4.69, 9.17) is 0 Å². The van der Waals surface area contributed by atoms with Crippen molar-refractivity contribution in [2.24, 2.45) is 0 Å². The summed E-state index contributed by atoms with van der Waals surface area (Å²) in [5, 5.41) is 3.37. The molecule has 0 spiro atoms. The van der Waals surface area contributed by atoms with Crippen molar-refractivity contribution < 1.29 is 0 Å². The minimum Gasteiger partial charge on any atom is -0.355 e. The number of rotatable bonds is 2. The van der Waals surface area contributed by atoms with Crippen LogP contribution in [0.15, 0.2) is 6.07 Å². The van der Waals surface area contributed by atoms with Crippen molar-refractivity contribution in [2.75, 3.05) is 25.0 Å². The average molecular weight is 206 g/mol. The highest BCUT2D eigenvalue weighted by Gasteiger charge is 2.20. The summed E-state index contributed by atoms with van der Waals surface area (Å²) in [5.74, 6) is 1.89. The highest BCUT2D eigenvalue weighted by Crippen LogP contribution is 2.16. The molecule has 1 N–H and O–H groups in total. The first kappa shape index (κ1) is 10.4. The Morgan fingerprint density at radius 1 is 1.40 bits per heavy atom. The molecule has 2 heterocycles. The second kappa shape index (κ2) is 4.14. The first-order chi connectivity index (χ1) is 7.16. The average Bonchev–Trinajstić information content (AvgIpc) is 2.67. The maximum absolute atomic E-state index is 4.47. The number of hydrogen-bond donors (Lipinski definition) is 1. The molecule has 0 saturated carbocycles. The molecule has 1 unspecified atom stereocenters. The molecule has 82 valence electrons. The van der Waals surface area contributed by atoms with Crippen LogP contribution in [0.5, 0.6) is 0 Å². The summed E-state index contributed by atoms with van der Waals surface area (Å²) in [7, 11) is 2.11. The fraction of sp³-hybridized carbons (Fsp3) is 0.636. The van der Waals surface area contributed by atoms with Gasteiger partial charge in [0.15, 0.2) is 0 Å². The Morgan fingerprint density at radius 3 is 2.80 bits per heavy atom. The molecule has 0 aromatic carbocycles. The van der Waals surface area contributed by atoms with Gasteiger partial charge in [0.05, 0.1) is 0 Å². The molecule has 1 aromatic rings. The third-order valence-electron chi connectivity index (χ3n) is 2.90. The molecule has 1 saturated heterocycles. The SMILES string of the molecule is Cc1cc(N(C)C2CCNC2)nc(C)n1. The van der Waals surface area contributed by atoms with Gasteiger partial charge < -0.3 is 10.2 Å². The van der Waals surface area contributed by atoms with Gasteiger partial charge >= 0.3 is 0 Å². The van der Waals surface area contributed by atoms with E-state index in [2.05, 4.69) is 27.2 Å². The molecule has 1 aliphatic heterocycles. The molecule has 1 fully saturated rings. The quantitative estimate of drug-likeness (QED) is 0.780. The van der Waals surface area contributed by atoms with Crippen molar-refractivity contribution >= 4 is 5.82 Å². The second-order valence-electron chi connectivity index (χ2n) is 4.17. The van der Waals surface area contributed by atoms with E-state index in [9.17, 15) is 0 Å². The van der Waals surface area contributed by atoms with Crippen LogP contribution in [0.2, 0.25) is 0 Å². The monoisotopic (exact) mass is 206 g/mol. The lowest BCUT2D eigenvalue weighted by Crippen LogP contribution is -2.34. The Kier molecular flexibility index (Phi) is 2.86. The molecule has 4 heteroatoms. The maximum Gasteiger partial charge on any atom is 0.132 e. The van der Waals surface area contributed by atoms with Crippen LogP contribution >= 0.6 is 0 Å². The fourth-order valence-electron chi connectivity index (χ4n) is 2.04. The number of aromatic nitrogens is 2. The smallest absolute Gasteiger partial charge is 0.132 e. The molecular weight excluding hydrogens is 188 g/mol. The molecule has 1 aliphatic rings. The second-order valence-corrected chi connectivity index (χ2v) is 4.17. The standard InChI is InChI=1S/C11H18N4/c1-8-6-11(14-9(2)13-8)15(3)10-4-5-12-7-10/h6,10,12H,4-5,7H2,1-3H3. The summed E-state index contributed by atoms with van der Waals surface area (Å²) in [6.45, 7) is 6.12. The highest BCUT2D eigenvalue weighted by atomic mass is 15.2. The molecule has 15 heavy (non-hydrogen) atoms. The molecule has 0 aliphatic carbocycles. The summed E-state index contributed by atoms with van der Waals surface area (Å²) in [6.07, 6.45) is 1.19. The topological polar surface area (TPSA) is 41.0 Å². The number of nitrogens with zero attached hydrogens (tertiary/aromatic N) is 3. The van der Waals surface area contributed by atoms with Crippen molar-refractivity contribution in [3.63, 3.8) is 0 Å². The van der Waals surface area contributed by atoms with E-state index in [1.54, 1.807) is 0 Å². The van der Waals surface area contributed by atoms with Crippen LogP contribution in [0.1, 0.15) is 17.9 Å². The van der Waals surface area contributed by atoms with Crippen LogP contribution in [0, 0.1) is 13.8 Å². The Morgan fingerprint density at radius 2 is 2.20 bits per heavy atom. The number of anilines is 1. The normalized spacial score (nSPS) is 20.6. The van der Waals surface area contributed by atoms with Crippen LogP contribution in [0.4, 0.5) is 5.82 Å². The lowest BCUT2D eigenvalue weighted by molar-refractivity contribution is 0.674. The van der Waals surface area contributed by atoms with Crippen molar-refractivity contribution in [3.8, 4) is 0 Å². The van der Waals surface area contributed by atoms with E-state index in [0.717, 1.165) is 30.4 Å². The van der Waals surface area contributed by atoms with Gasteiger partial charge in [0.25, 0.3) is 0 Å². The summed E-state index contributed by atoms with van der Waals surface area (Å²) in [5.41, 5.74) is 1.04. The molecule has 4 nitrogen and oxygen atoms in total. The third-order valence-corrected chi connectivity index (χ3v) is 2.90. The number of hydrogen-bond acceptors (Lipinski definition) is 4. The third kappa shape index (κ3) is 2.26. The minimum atomic E-state index is 0.568. The van der Waals surface area contributed by atoms with E-state index >= 15 is 0 Å². The van der Waals surface area contributed by atoms with Crippen LogP contribution in [-0.4, -0.2) is 36.1 Å². The first-order valence-electron chi connectivity index (χ1n) is 5.42. The zero-order valence-electron chi connectivity index (χ0n) is 9.62. The van der Waals surface area contributed by atoms with Gasteiger partial charge in [-0.05, 0) is 26.8 Å². The number of aryl methyl sites for hydroxylation is 2. The zero-order valence-corrected chi connectivity index (χ0v) is 9.62. The Labute approximate surface area is 90.7 Å². The van der Waals surface area contributed by atoms with E-state index in [1.807, 2.05) is 19.9 Å². The first-order valence-corrected chi connectivity index (χ1v) is 5.42. The highest BCUT2D eigenvalue weighted by molar-refractivity contribution is 5.40. The van der Waals surface area contributed by atoms with Crippen LogP contribution < -0.4 is 10.2 Å². The van der Waals surface area contributed by atoms with Gasteiger partial charge in [0.2, 0.25) is 0 Å². The molecule has 1 aromatic heterocycles. The van der Waals surface area contributed by atoms with Crippen molar-refractivity contribution in [3.05, 3.63) is 17.6 Å². The van der Waals surface area contributed by atoms with E-state index in [-0.39, 0.29) is 0 Å². The molecular formula is C11H18N4. The van der Waals surface area contributed by atoms with Gasteiger partial charge in [0, 0.05) is 31.4 Å². The zero-order chi connectivity index (χ0) is 10.8. The van der Waals surface area contributed by atoms with Gasteiger partial charge in [0.1, 0.15) is 11.6 Å². The summed E-state index contributed by atoms with van der Waals surface area (Å²) in [4.78, 5) is 11.0. The van der Waals surface area contributed by atoms with Crippen LogP contribution in [0.3, 0.4) is 0 Å². The summed E-state index contributed by atoms with van der Waals surface area (Å²) in [6, 6.07) is 2.62. The number of likely N-dealkylation sites (N-methyl/N-ethyl adjacent to an activating group) is 1. The van der Waals surface area contributed by atoms with Gasteiger partial charge in [-0.1, -0.05) is 0 Å². The predicted octanol–water partition coefficient (Wildman–Crippen LogP) is 0.892. The Bertz CT molecular complexity index is 324. The maximum atomic E-state index is 4.47. The fourth-order valence-corrected chi connectivity index (χ4v) is 2.04. The van der Waals surface area contributed by atoms with Crippen molar-refractivity contribution in [2.45, 2.75) is 26.3 Å². The molecule has 0 radical (unpaired) electrons. The molecule has 0 amide bonds. The number of nitrogens with one attached hydrogen (secondary N) is 1. The van der Waals surface area contributed by atoms with Gasteiger partial charge in [-0.25, -0.2) is 9.97 Å². The van der Waals surface area contributed by atoms with Crippen LogP contribution in [-0.2, 0) is 0 Å². The van der Waals surface area contributed by atoms with E-state index < -0.39 is 0 Å². The minimum absolute atomic E-state index is 0.568. The summed E-state index contributed by atoms with van der Waals surface area (Å²) < 4.78 is 0. The predicted molar refractivity (Wildman–Crippen MR) is 61.2 cm³/mol. The Balaban J connectivity index is 2.20. The van der Waals surface area contributed by atoms with Crippen molar-refractivity contribution in [1.82, 2.24) is 15.3 Å². The lowest BCUT2D eigenvalue weighted by Gasteiger charge is -2.25. The molecule has 1 atom stereocenters. The van der Waals surface area contributed by atoms with E-state index in [0.29, 0.717) is 6.04 Å². The lowest BCUT2D eigenvalue weighted by atomic mass is 10.2. The molecule has 2 rings (SSSR count). The van der Waals surface area contributed by atoms with Gasteiger partial charge in [-0.3, -0.25) is 0 Å². The Hall–Kier alpha value is -1.16. The van der Waals surface area contributed by atoms with Gasteiger partial charge in [-0.2, -0.15) is 0 Å². The molecule has 0 bridgehead atoms.